The fraction of sp³-hybridized carbons (Fsp3) is 0.455. The van der Waals surface area contributed by atoms with Gasteiger partial charge in [0, 0.05) is 25.1 Å². The lowest BCUT2D eigenvalue weighted by Gasteiger charge is -2.37. The van der Waals surface area contributed by atoms with E-state index in [4.69, 9.17) is 9.47 Å². The predicted octanol–water partition coefficient (Wildman–Crippen LogP) is 3.28. The molecule has 0 aliphatic carbocycles. The molecule has 0 unspecified atom stereocenters. The first kappa shape index (κ1) is 22.2. The Bertz CT molecular complexity index is 872. The molecule has 0 saturated carbocycles. The van der Waals surface area contributed by atoms with E-state index in [1.54, 1.807) is 34.4 Å². The van der Waals surface area contributed by atoms with Crippen molar-refractivity contribution in [2.24, 2.45) is 0 Å². The molecule has 3 rings (SSSR count). The number of nitrogens with zero attached hydrogens (tertiary/aromatic N) is 2. The fourth-order valence-corrected chi connectivity index (χ4v) is 4.56. The Morgan fingerprint density at radius 3 is 2.83 bits per heavy atom. The summed E-state index contributed by atoms with van der Waals surface area (Å²) in [6.45, 7) is 3.07. The molecule has 2 aromatic rings. The molecule has 0 bridgehead atoms. The molecule has 0 saturated heterocycles. The summed E-state index contributed by atoms with van der Waals surface area (Å²) in [6.07, 6.45) is 1.51. The molecule has 2 heterocycles. The third-order valence-electron chi connectivity index (χ3n) is 5.09. The van der Waals surface area contributed by atoms with E-state index >= 15 is 0 Å². The van der Waals surface area contributed by atoms with E-state index in [0.29, 0.717) is 13.1 Å². The number of ether oxygens (including phenoxy) is 2. The number of carbonyl (C=O) groups is 2. The quantitative estimate of drug-likeness (QED) is 0.608. The number of thiophene rings is 1. The van der Waals surface area contributed by atoms with Gasteiger partial charge in [0.05, 0.1) is 12.6 Å². The van der Waals surface area contributed by atoms with Crippen LogP contribution in [-0.4, -0.2) is 61.6 Å². The smallest absolute Gasteiger partial charge is 0.249 e. The number of methoxy groups -OCH3 is 1. The van der Waals surface area contributed by atoms with Gasteiger partial charge in [0.1, 0.15) is 13.2 Å². The maximum atomic E-state index is 14.0. The van der Waals surface area contributed by atoms with Crippen LogP contribution < -0.4 is 4.74 Å². The summed E-state index contributed by atoms with van der Waals surface area (Å²) in [5.41, 5.74) is 1.03. The largest absolute Gasteiger partial charge is 0.488 e. The van der Waals surface area contributed by atoms with Crippen LogP contribution in [0.15, 0.2) is 35.7 Å². The summed E-state index contributed by atoms with van der Waals surface area (Å²) in [6, 6.07) is 7.91. The molecule has 30 heavy (non-hydrogen) atoms. The lowest BCUT2D eigenvalue weighted by atomic mass is 10.0. The number of benzene rings is 1. The molecule has 1 aliphatic heterocycles. The van der Waals surface area contributed by atoms with Crippen LogP contribution >= 0.6 is 11.3 Å². The zero-order valence-electron chi connectivity index (χ0n) is 17.3. The average Bonchev–Trinajstić information content (AvgIpc) is 3.22. The molecule has 1 aliphatic rings. The van der Waals surface area contributed by atoms with E-state index < -0.39 is 5.82 Å². The second-order valence-corrected chi connectivity index (χ2v) is 8.14. The van der Waals surface area contributed by atoms with Crippen LogP contribution in [0.25, 0.3) is 0 Å². The number of carbonyl (C=O) groups excluding carboxylic acids is 2. The zero-order valence-corrected chi connectivity index (χ0v) is 18.1. The van der Waals surface area contributed by atoms with Crippen molar-refractivity contribution in [2.45, 2.75) is 25.8 Å². The molecule has 1 aromatic heterocycles. The monoisotopic (exact) mass is 434 g/mol. The highest BCUT2D eigenvalue weighted by molar-refractivity contribution is 7.10. The van der Waals surface area contributed by atoms with Crippen molar-refractivity contribution in [3.8, 4) is 5.75 Å². The van der Waals surface area contributed by atoms with Gasteiger partial charge in [-0.15, -0.1) is 11.3 Å². The molecule has 0 radical (unpaired) electrons. The molecule has 1 atom stereocenters. The predicted molar refractivity (Wildman–Crippen MR) is 113 cm³/mol. The van der Waals surface area contributed by atoms with E-state index in [2.05, 4.69) is 0 Å². The van der Waals surface area contributed by atoms with Gasteiger partial charge >= 0.3 is 0 Å². The minimum absolute atomic E-state index is 0.00823. The Morgan fingerprint density at radius 2 is 2.10 bits per heavy atom. The highest BCUT2D eigenvalue weighted by atomic mass is 32.1. The molecule has 1 aromatic carbocycles. The maximum absolute atomic E-state index is 14.0. The Labute approximate surface area is 180 Å². The van der Waals surface area contributed by atoms with E-state index in [9.17, 15) is 14.0 Å². The third kappa shape index (κ3) is 5.17. The standard InChI is InChI=1S/C22H27FN2O4S/c1-3-10-24(22(27)15-28-2)13-21(26)25-11-8-20-16(9-12-30-20)18(25)14-29-19-7-5-4-6-17(19)23/h4-7,9,12,18H,3,8,10-11,13-15H2,1-2H3/t18-/m0/s1. The normalized spacial score (nSPS) is 15.6. The Hall–Kier alpha value is -2.45. The van der Waals surface area contributed by atoms with Crippen molar-refractivity contribution < 1.29 is 23.5 Å². The van der Waals surface area contributed by atoms with Crippen molar-refractivity contribution >= 4 is 23.2 Å². The topological polar surface area (TPSA) is 59.1 Å². The molecule has 0 N–H and O–H groups in total. The first-order valence-corrected chi connectivity index (χ1v) is 10.9. The first-order valence-electron chi connectivity index (χ1n) is 10.0. The van der Waals surface area contributed by atoms with Gasteiger partial charge in [-0.3, -0.25) is 9.59 Å². The Morgan fingerprint density at radius 1 is 1.30 bits per heavy atom. The number of rotatable bonds is 9. The van der Waals surface area contributed by atoms with Crippen LogP contribution in [0.3, 0.4) is 0 Å². The fourth-order valence-electron chi connectivity index (χ4n) is 3.64. The Kier molecular flexibility index (Phi) is 7.81. The molecular weight excluding hydrogens is 407 g/mol. The van der Waals surface area contributed by atoms with E-state index in [0.717, 1.165) is 18.4 Å². The van der Waals surface area contributed by atoms with Crippen LogP contribution in [0.1, 0.15) is 29.8 Å². The van der Waals surface area contributed by atoms with E-state index in [1.165, 1.54) is 23.0 Å². The second kappa shape index (κ2) is 10.5. The van der Waals surface area contributed by atoms with Gasteiger partial charge in [0.2, 0.25) is 11.8 Å². The summed E-state index contributed by atoms with van der Waals surface area (Å²) < 4.78 is 24.7. The van der Waals surface area contributed by atoms with Gasteiger partial charge in [0.15, 0.2) is 11.6 Å². The lowest BCUT2D eigenvalue weighted by molar-refractivity contribution is -0.144. The highest BCUT2D eigenvalue weighted by Gasteiger charge is 2.33. The summed E-state index contributed by atoms with van der Waals surface area (Å²) in [7, 11) is 1.46. The van der Waals surface area contributed by atoms with E-state index in [1.807, 2.05) is 18.4 Å². The van der Waals surface area contributed by atoms with Crippen molar-refractivity contribution in [1.29, 1.82) is 0 Å². The SMILES string of the molecule is CCCN(CC(=O)N1CCc2sccc2[C@@H]1COc1ccccc1F)C(=O)COC. The van der Waals surface area contributed by atoms with Gasteiger partial charge in [0.25, 0.3) is 0 Å². The first-order chi connectivity index (χ1) is 14.5. The number of halogens is 1. The molecule has 6 nitrogen and oxygen atoms in total. The van der Waals surface area contributed by atoms with Crippen LogP contribution in [0.4, 0.5) is 4.39 Å². The van der Waals surface area contributed by atoms with Gasteiger partial charge in [-0.25, -0.2) is 4.39 Å². The molecular formula is C22H27FN2O4S. The van der Waals surface area contributed by atoms with Crippen molar-refractivity contribution in [3.05, 3.63) is 52.0 Å². The molecule has 0 fully saturated rings. The number of para-hydroxylation sites is 1. The second-order valence-electron chi connectivity index (χ2n) is 7.14. The number of hydrogen-bond donors (Lipinski definition) is 0. The molecule has 2 amide bonds. The zero-order chi connectivity index (χ0) is 21.5. The third-order valence-corrected chi connectivity index (χ3v) is 6.09. The van der Waals surface area contributed by atoms with Crippen LogP contribution in [0.5, 0.6) is 5.75 Å². The summed E-state index contributed by atoms with van der Waals surface area (Å²) in [5.74, 6) is -0.627. The van der Waals surface area contributed by atoms with Crippen molar-refractivity contribution in [1.82, 2.24) is 9.80 Å². The van der Waals surface area contributed by atoms with Gasteiger partial charge in [-0.1, -0.05) is 19.1 Å². The highest BCUT2D eigenvalue weighted by Crippen LogP contribution is 2.34. The van der Waals surface area contributed by atoms with Crippen molar-refractivity contribution in [2.75, 3.05) is 40.0 Å². The lowest BCUT2D eigenvalue weighted by Crippen LogP contribution is -2.48. The van der Waals surface area contributed by atoms with Gasteiger partial charge < -0.3 is 19.3 Å². The van der Waals surface area contributed by atoms with Crippen LogP contribution in [-0.2, 0) is 20.7 Å². The molecule has 0 spiro atoms. The number of hydrogen-bond acceptors (Lipinski definition) is 5. The van der Waals surface area contributed by atoms with Gasteiger partial charge in [-0.05, 0) is 42.0 Å². The minimum Gasteiger partial charge on any atom is -0.488 e. The molecule has 8 heteroatoms. The van der Waals surface area contributed by atoms with E-state index in [-0.39, 0.29) is 43.4 Å². The summed E-state index contributed by atoms with van der Waals surface area (Å²) in [4.78, 5) is 30.0. The van der Waals surface area contributed by atoms with Crippen LogP contribution in [0.2, 0.25) is 0 Å². The Balaban J connectivity index is 1.76. The average molecular weight is 435 g/mol. The number of amides is 2. The van der Waals surface area contributed by atoms with Gasteiger partial charge in [-0.2, -0.15) is 0 Å². The summed E-state index contributed by atoms with van der Waals surface area (Å²) >= 11 is 1.65. The molecule has 162 valence electrons. The van der Waals surface area contributed by atoms with Crippen LogP contribution in [0, 0.1) is 5.82 Å². The minimum atomic E-state index is -0.434. The maximum Gasteiger partial charge on any atom is 0.249 e. The summed E-state index contributed by atoms with van der Waals surface area (Å²) in [5, 5.41) is 2.00. The van der Waals surface area contributed by atoms with Crippen molar-refractivity contribution in [3.63, 3.8) is 0 Å². The number of fused-ring (bicyclic) bond motifs is 1.